The first-order valence-electron chi connectivity index (χ1n) is 37.2. The molecule has 1 aromatic carbocycles. The van der Waals surface area contributed by atoms with E-state index in [0.717, 1.165) is 21.6 Å². The Bertz CT molecular complexity index is 3660. The fourth-order valence-corrected chi connectivity index (χ4v) is 14.2. The average Bonchev–Trinajstić information content (AvgIpc) is 0.942. The molecular formula is C69H108GdN18O28S2-. The van der Waals surface area contributed by atoms with Crippen molar-refractivity contribution in [2.75, 3.05) is 160 Å². The fraction of sp³-hybridized carbons (Fsp3) is 0.667. The number of H-pyrrole nitrogens is 1. The van der Waals surface area contributed by atoms with E-state index in [1.54, 1.807) is 14.7 Å². The van der Waals surface area contributed by atoms with Gasteiger partial charge in [-0.15, -0.1) is 0 Å². The smallest absolute Gasteiger partial charge is 0.870 e. The Kier molecular flexibility index (Phi) is 53.3. The van der Waals surface area contributed by atoms with E-state index in [4.69, 9.17) is 26.7 Å². The monoisotopic (exact) mass is 1860 g/mol. The average molecular weight is 1860 g/mol. The van der Waals surface area contributed by atoms with Crippen molar-refractivity contribution >= 4 is 128 Å². The quantitative estimate of drug-likeness (QED) is 0.0127. The van der Waals surface area contributed by atoms with Crippen LogP contribution in [0.2, 0.25) is 0 Å². The molecule has 3 heterocycles. The molecule has 9 amide bonds. The largest absolute Gasteiger partial charge is 3.00 e. The summed E-state index contributed by atoms with van der Waals surface area (Å²) in [6.45, 7) is 1.91. The first kappa shape index (κ1) is 108. The fourth-order valence-electron chi connectivity index (χ4n) is 11.6. The Morgan fingerprint density at radius 3 is 1.73 bits per heavy atom. The number of carboxylic acid groups (broad SMARTS) is 4. The van der Waals surface area contributed by atoms with Crippen molar-refractivity contribution in [3.63, 3.8) is 0 Å². The summed E-state index contributed by atoms with van der Waals surface area (Å²) in [5.74, 6) is -18.1. The number of unbranched alkanes of at least 4 members (excludes halogenated alkanes) is 1. The number of aliphatic carboxylic acids is 4. The zero-order chi connectivity index (χ0) is 86.6. The van der Waals surface area contributed by atoms with Crippen LogP contribution in [0.15, 0.2) is 22.1 Å². The van der Waals surface area contributed by atoms with E-state index in [0.29, 0.717) is 24.8 Å². The summed E-state index contributed by atoms with van der Waals surface area (Å²) in [4.78, 5) is 237. The number of aromatic nitrogens is 2. The predicted octanol–water partition coefficient (Wildman–Crippen LogP) is -13.1. The van der Waals surface area contributed by atoms with Crippen LogP contribution >= 0.6 is 21.6 Å². The van der Waals surface area contributed by atoms with Gasteiger partial charge >= 0.3 is 45.9 Å². The van der Waals surface area contributed by atoms with E-state index < -0.39 is 211 Å². The van der Waals surface area contributed by atoms with Crippen LogP contribution < -0.4 is 91.2 Å². The topological polar surface area (TPSA) is 734 Å². The van der Waals surface area contributed by atoms with Crippen molar-refractivity contribution < 1.29 is 167 Å². The van der Waals surface area contributed by atoms with Crippen LogP contribution in [0.5, 0.6) is 0 Å². The standard InChI is InChI=1S/C40H62N10O15.C29H48N8O12S2.Gd.H2O/c1-41-39(61)30(24-52)46-38(60)27(19-28-21-42-26-45-28)20-29(53)25-65-18-17-64-16-5-44-35-34(36(58)37(35)59)43-4-2-3-31(40(62)63)50-12-10-47(14-15-51)6-7-48(22-32(54)55)8-9-49(11-13-50)23-33(56)57;1-13-11-50-51-12-20(21(40)7-15(14(2)39)29(48)49)37-28(47)19(10-38)36-27(46)18(9-23(32)42)35-25(44)16(5-3-4-6-30)33-26(45)17(8-22(31)41)34-24(13)43;;/h15,21,26-27,30-31,43-44,52H,2-14,16-20,22-25H2,1H3,(H,41,61)(H,42,45)(H,46,60)(H,54,55)(H,56,57)(H,62,63);13-20,38-39H,3-12,30H2,1-2H3,(H2,31,41)(H2,32,42)(H,33,45)(H,34,43)(H,35,44)(H,36,46)(H,37,47)(H,48,49);;1H2/q;;+3;/p-4/t27-,30+,31?;13-,14+,15-,16-,17-,18-,19-,20-;;/m10../s1. The second kappa shape index (κ2) is 58.5. The van der Waals surface area contributed by atoms with Gasteiger partial charge in [-0.3, -0.25) is 86.7 Å². The molecule has 0 saturated carbocycles. The summed E-state index contributed by atoms with van der Waals surface area (Å²) >= 11 is 0. The minimum Gasteiger partial charge on any atom is -0.870 e. The number of nitrogens with one attached hydrogen (secondary N) is 10. The number of nitrogens with zero attached hydrogens (tertiary/aromatic N) is 5. The number of rotatable bonds is 44. The number of hydrogen-bond acceptors (Lipinski definition) is 37. The maximum absolute atomic E-state index is 13.4. The Morgan fingerprint density at radius 1 is 0.686 bits per heavy atom. The predicted molar refractivity (Wildman–Crippen MR) is 409 cm³/mol. The molecule has 2 saturated heterocycles. The van der Waals surface area contributed by atoms with Gasteiger partial charge in [-0.2, -0.15) is 0 Å². The molecule has 663 valence electrons. The van der Waals surface area contributed by atoms with Gasteiger partial charge in [0.15, 0.2) is 11.6 Å². The Morgan fingerprint density at radius 2 is 1.21 bits per heavy atom. The second-order valence-corrected chi connectivity index (χ2v) is 29.8. The number of imidazole rings is 1. The van der Waals surface area contributed by atoms with Crippen LogP contribution in [-0.4, -0.2) is 349 Å². The normalized spacial score (nSPS) is 20.2. The summed E-state index contributed by atoms with van der Waals surface area (Å²) in [5, 5.41) is 96.3. The minimum atomic E-state index is -1.74. The third kappa shape index (κ3) is 40.6. The van der Waals surface area contributed by atoms with E-state index in [1.807, 2.05) is 0 Å². The number of hydrogen-bond donors (Lipinski definition) is 17. The number of aliphatic hydroxyl groups excluding tert-OH is 3. The van der Waals surface area contributed by atoms with E-state index in [-0.39, 0.29) is 205 Å². The SMILES string of the molecule is CNC(=O)[C@H](CO)NC(=O)[C@@H](CC(=O)COCCOCCNc1c(NCCCC(C(=O)[O-])N2CCN(CC=O)CCN(CC(=O)[O-])CCN(CC(=O)[O-])CC2)c(=O)c1=O)Cc1cnc[nH]1.C[C@H]1CSSC[C@@H](C(=O)C[C@H](C(=O)O)[C@@H](C)O)NC(=O)[C@H](CO)NC(=O)[C@H](CC(N)=O)NC(=O)[C@H](CCCCN)NC(=O)[C@H](CC(N)=O)NC1=O.[Gd+3].[OH-]. The van der Waals surface area contributed by atoms with Crippen molar-refractivity contribution in [1.29, 1.82) is 0 Å². The number of aliphatic hydroxyl groups is 3. The third-order valence-electron chi connectivity index (χ3n) is 18.2. The molecule has 2 fully saturated rings. The molecule has 0 spiro atoms. The molecule has 0 bridgehead atoms. The third-order valence-corrected chi connectivity index (χ3v) is 20.8. The van der Waals surface area contributed by atoms with Crippen LogP contribution in [0.3, 0.4) is 0 Å². The van der Waals surface area contributed by atoms with E-state index in [9.17, 15) is 122 Å². The van der Waals surface area contributed by atoms with Gasteiger partial charge < -0.3 is 140 Å². The van der Waals surface area contributed by atoms with Crippen LogP contribution in [0, 0.1) is 57.7 Å². The number of aromatic amines is 1. The van der Waals surface area contributed by atoms with Crippen molar-refractivity contribution in [3.05, 3.63) is 38.7 Å². The molecule has 4 rings (SSSR count). The molecule has 21 N–H and O–H groups in total. The molecule has 46 nitrogen and oxygen atoms in total. The van der Waals surface area contributed by atoms with Crippen LogP contribution in [0.1, 0.15) is 77.3 Å². The summed E-state index contributed by atoms with van der Waals surface area (Å²) in [5.41, 5.74) is 15.3. The number of primary amides is 2. The minimum absolute atomic E-state index is 0. The molecule has 2 aliphatic heterocycles. The molecule has 118 heavy (non-hydrogen) atoms. The van der Waals surface area contributed by atoms with Crippen LogP contribution in [0.4, 0.5) is 11.4 Å². The van der Waals surface area contributed by atoms with E-state index in [1.165, 1.54) is 38.3 Å². The number of ether oxygens (including phenoxy) is 2. The maximum Gasteiger partial charge on any atom is 3.00 e. The molecule has 11 atom stereocenters. The Hall–Kier alpha value is -8.41. The van der Waals surface area contributed by atoms with Crippen LogP contribution in [-0.2, 0) is 92.6 Å². The Balaban J connectivity index is 0.00000119. The molecule has 2 aliphatic rings. The van der Waals surface area contributed by atoms with Crippen molar-refractivity contribution in [3.8, 4) is 0 Å². The number of aldehydes is 1. The number of carbonyl (C=O) groups is 16. The number of carboxylic acids is 4. The number of carbonyl (C=O) groups excluding carboxylic acids is 15. The van der Waals surface area contributed by atoms with Gasteiger partial charge in [0.25, 0.3) is 10.9 Å². The van der Waals surface area contributed by atoms with Gasteiger partial charge in [0, 0.05) is 140 Å². The summed E-state index contributed by atoms with van der Waals surface area (Å²) in [6, 6.07) is -10.1. The summed E-state index contributed by atoms with van der Waals surface area (Å²) in [6.07, 6.45) is 0.918. The van der Waals surface area contributed by atoms with Gasteiger partial charge in [-0.05, 0) is 45.6 Å². The number of amides is 9. The van der Waals surface area contributed by atoms with Crippen molar-refractivity contribution in [1.82, 2.24) is 66.8 Å². The molecule has 49 heteroatoms. The zero-order valence-corrected chi connectivity index (χ0v) is 69.4. The number of Topliss-reactive ketones (excluding diaryl/α,β-unsaturated/α-hetero) is 2. The first-order valence-corrected chi connectivity index (χ1v) is 39.7. The molecule has 1 aromatic heterocycles. The molecular weight excluding hydrogens is 1750 g/mol. The Labute approximate surface area is 718 Å². The van der Waals surface area contributed by atoms with Gasteiger partial charge in [0.2, 0.25) is 53.2 Å². The first-order chi connectivity index (χ1) is 55.1. The molecule has 2 aromatic rings. The summed E-state index contributed by atoms with van der Waals surface area (Å²) < 4.78 is 10.9. The second-order valence-electron chi connectivity index (χ2n) is 27.2. The van der Waals surface area contributed by atoms with E-state index >= 15 is 0 Å². The van der Waals surface area contributed by atoms with Gasteiger partial charge in [0.1, 0.15) is 54.5 Å². The van der Waals surface area contributed by atoms with Crippen LogP contribution in [0.25, 0.3) is 0 Å². The summed E-state index contributed by atoms with van der Waals surface area (Å²) in [7, 11) is 3.44. The van der Waals surface area contributed by atoms with Gasteiger partial charge in [0.05, 0.1) is 101 Å². The van der Waals surface area contributed by atoms with Gasteiger partial charge in [-0.1, -0.05) is 28.5 Å². The maximum atomic E-state index is 13.4. The number of anilines is 2. The zero-order valence-electron chi connectivity index (χ0n) is 65.5. The number of ketones is 2. The number of likely N-dealkylation sites (N-methyl/N-ethyl adjacent to an activating group) is 1. The molecule has 1 radical (unpaired) electrons. The van der Waals surface area contributed by atoms with Crippen molar-refractivity contribution in [2.24, 2.45) is 35.0 Å². The van der Waals surface area contributed by atoms with Gasteiger partial charge in [-0.25, -0.2) is 4.98 Å². The molecule has 0 aliphatic carbocycles. The van der Waals surface area contributed by atoms with E-state index in [2.05, 4.69) is 57.8 Å². The molecule has 1 unspecified atom stereocenters. The van der Waals surface area contributed by atoms with Crippen molar-refractivity contribution in [2.45, 2.75) is 126 Å². The number of nitrogens with two attached hydrogens (primary N) is 3.